The maximum atomic E-state index is 10.5. The minimum Gasteiger partial charge on any atom is -0.392 e. The molecule has 0 unspecified atom stereocenters. The Bertz CT molecular complexity index is 353. The molecule has 0 aromatic heterocycles. The zero-order valence-corrected chi connectivity index (χ0v) is 8.19. The van der Waals surface area contributed by atoms with E-state index < -0.39 is 4.92 Å². The van der Waals surface area contributed by atoms with Crippen LogP contribution in [0.2, 0.25) is 10.0 Å². The molecule has 0 aliphatic carbocycles. The fourth-order valence-electron chi connectivity index (χ4n) is 0.928. The first-order valence-corrected chi connectivity index (χ1v) is 4.09. The average molecular weight is 221 g/mol. The van der Waals surface area contributed by atoms with Gasteiger partial charge < -0.3 is 5.73 Å². The fraction of sp³-hybridized carbons (Fsp3) is 0.143. The number of anilines is 1. The van der Waals surface area contributed by atoms with Crippen LogP contribution in [0.25, 0.3) is 0 Å². The highest BCUT2D eigenvalue weighted by atomic mass is 35.5. The Hall–Kier alpha value is -1.00. The van der Waals surface area contributed by atoms with Crippen molar-refractivity contribution in [1.29, 1.82) is 0 Å². The number of halogens is 2. The molecule has 0 aliphatic rings. The molecule has 6 heteroatoms. The van der Waals surface area contributed by atoms with Crippen LogP contribution >= 0.6 is 23.2 Å². The molecule has 1 rings (SSSR count). The highest BCUT2D eigenvalue weighted by Crippen LogP contribution is 2.38. The van der Waals surface area contributed by atoms with Gasteiger partial charge in [-0.3, -0.25) is 10.1 Å². The Kier molecular flexibility index (Phi) is 2.63. The van der Waals surface area contributed by atoms with Crippen LogP contribution in [0.3, 0.4) is 0 Å². The molecule has 0 saturated carbocycles. The highest BCUT2D eigenvalue weighted by Gasteiger charge is 2.21. The lowest BCUT2D eigenvalue weighted by molar-refractivity contribution is -0.383. The third kappa shape index (κ3) is 1.68. The van der Waals surface area contributed by atoms with Crippen molar-refractivity contribution in [2.75, 3.05) is 5.73 Å². The van der Waals surface area contributed by atoms with Gasteiger partial charge in [0.05, 0.1) is 9.95 Å². The van der Waals surface area contributed by atoms with Gasteiger partial charge in [-0.2, -0.15) is 0 Å². The number of aryl methyl sites for hydroxylation is 1. The van der Waals surface area contributed by atoms with E-state index >= 15 is 0 Å². The number of nitro groups is 1. The molecule has 4 nitrogen and oxygen atoms in total. The van der Waals surface area contributed by atoms with Gasteiger partial charge in [0.2, 0.25) is 0 Å². The van der Waals surface area contributed by atoms with Gasteiger partial charge in [0.15, 0.2) is 0 Å². The number of nitrogen functional groups attached to an aromatic ring is 1. The third-order valence-corrected chi connectivity index (χ3v) is 2.38. The van der Waals surface area contributed by atoms with Crippen molar-refractivity contribution < 1.29 is 4.92 Å². The van der Waals surface area contributed by atoms with Gasteiger partial charge in [0.1, 0.15) is 10.7 Å². The van der Waals surface area contributed by atoms with Gasteiger partial charge in [-0.15, -0.1) is 0 Å². The van der Waals surface area contributed by atoms with Crippen molar-refractivity contribution in [2.45, 2.75) is 6.92 Å². The lowest BCUT2D eigenvalue weighted by Crippen LogP contribution is -1.98. The molecule has 1 aromatic rings. The summed E-state index contributed by atoms with van der Waals surface area (Å²) in [5.41, 5.74) is 5.51. The molecule has 0 spiro atoms. The van der Waals surface area contributed by atoms with Crippen LogP contribution in [0.5, 0.6) is 0 Å². The van der Waals surface area contributed by atoms with E-state index in [-0.39, 0.29) is 21.4 Å². The van der Waals surface area contributed by atoms with Gasteiger partial charge in [-0.05, 0) is 18.6 Å². The van der Waals surface area contributed by atoms with Crippen LogP contribution in [-0.4, -0.2) is 4.92 Å². The molecule has 1 aromatic carbocycles. The molecule has 0 heterocycles. The molecular weight excluding hydrogens is 215 g/mol. The van der Waals surface area contributed by atoms with Crippen LogP contribution in [0.1, 0.15) is 5.56 Å². The van der Waals surface area contributed by atoms with E-state index in [0.29, 0.717) is 5.56 Å². The normalized spacial score (nSPS) is 10.1. The molecule has 70 valence electrons. The summed E-state index contributed by atoms with van der Waals surface area (Å²) in [7, 11) is 0. The Morgan fingerprint density at radius 3 is 2.54 bits per heavy atom. The molecule has 0 amide bonds. The quantitative estimate of drug-likeness (QED) is 0.450. The van der Waals surface area contributed by atoms with E-state index in [9.17, 15) is 10.1 Å². The summed E-state index contributed by atoms with van der Waals surface area (Å²) in [5.74, 6) is 0. The Morgan fingerprint density at radius 2 is 2.08 bits per heavy atom. The first-order valence-electron chi connectivity index (χ1n) is 3.33. The molecule has 13 heavy (non-hydrogen) atoms. The van der Waals surface area contributed by atoms with Crippen LogP contribution in [0.4, 0.5) is 11.4 Å². The van der Waals surface area contributed by atoms with Crippen LogP contribution in [-0.2, 0) is 0 Å². The van der Waals surface area contributed by atoms with Gasteiger partial charge >= 0.3 is 5.69 Å². The predicted octanol–water partition coefficient (Wildman–Crippen LogP) is 2.79. The standard InChI is InChI=1S/C7H6Cl2N2O2/c1-3-2-4(8)6(10)7(5(3)9)11(12)13/h2H,10H2,1H3. The second-order valence-electron chi connectivity index (χ2n) is 2.51. The van der Waals surface area contributed by atoms with E-state index in [1.807, 2.05) is 0 Å². The summed E-state index contributed by atoms with van der Waals surface area (Å²) in [5, 5.41) is 10.7. The number of hydrogen-bond acceptors (Lipinski definition) is 3. The minimum absolute atomic E-state index is 0.0342. The Balaban J connectivity index is 3.56. The van der Waals surface area contributed by atoms with Gasteiger partial charge in [-0.25, -0.2) is 0 Å². The summed E-state index contributed by atoms with van der Waals surface area (Å²) >= 11 is 11.3. The minimum atomic E-state index is -0.642. The molecule has 0 bridgehead atoms. The zero-order chi connectivity index (χ0) is 10.2. The van der Waals surface area contributed by atoms with Gasteiger partial charge in [0.25, 0.3) is 0 Å². The molecule has 0 radical (unpaired) electrons. The maximum absolute atomic E-state index is 10.5. The average Bonchev–Trinajstić information content (AvgIpc) is 2.01. The van der Waals surface area contributed by atoms with Gasteiger partial charge in [0, 0.05) is 0 Å². The summed E-state index contributed by atoms with van der Waals surface area (Å²) in [4.78, 5) is 9.89. The lowest BCUT2D eigenvalue weighted by atomic mass is 10.2. The van der Waals surface area contributed by atoms with Crippen molar-refractivity contribution >= 4 is 34.6 Å². The van der Waals surface area contributed by atoms with E-state index in [1.54, 1.807) is 6.92 Å². The Morgan fingerprint density at radius 1 is 1.54 bits per heavy atom. The van der Waals surface area contributed by atoms with Crippen LogP contribution < -0.4 is 5.73 Å². The van der Waals surface area contributed by atoms with Crippen molar-refractivity contribution in [3.05, 3.63) is 31.8 Å². The first-order chi connectivity index (χ1) is 5.95. The van der Waals surface area contributed by atoms with E-state index in [0.717, 1.165) is 0 Å². The molecule has 2 N–H and O–H groups in total. The number of rotatable bonds is 1. The number of nitrogens with two attached hydrogens (primary N) is 1. The van der Waals surface area contributed by atoms with Crippen LogP contribution in [0.15, 0.2) is 6.07 Å². The van der Waals surface area contributed by atoms with E-state index in [2.05, 4.69) is 0 Å². The first kappa shape index (κ1) is 10.1. The highest BCUT2D eigenvalue weighted by molar-refractivity contribution is 6.37. The maximum Gasteiger partial charge on any atom is 0.312 e. The summed E-state index contributed by atoms with van der Waals surface area (Å²) < 4.78 is 0. The summed E-state index contributed by atoms with van der Waals surface area (Å²) in [6.07, 6.45) is 0. The lowest BCUT2D eigenvalue weighted by Gasteiger charge is -2.04. The van der Waals surface area contributed by atoms with Crippen molar-refractivity contribution in [3.63, 3.8) is 0 Å². The van der Waals surface area contributed by atoms with Crippen molar-refractivity contribution in [2.24, 2.45) is 0 Å². The SMILES string of the molecule is Cc1cc(Cl)c(N)c([N+](=O)[O-])c1Cl. The van der Waals surface area contributed by atoms with Crippen molar-refractivity contribution in [1.82, 2.24) is 0 Å². The fourth-order valence-corrected chi connectivity index (χ4v) is 1.41. The number of nitrogens with zero attached hydrogens (tertiary/aromatic N) is 1. The molecule has 0 aliphatic heterocycles. The third-order valence-electron chi connectivity index (χ3n) is 1.59. The number of hydrogen-bond donors (Lipinski definition) is 1. The summed E-state index contributed by atoms with van der Waals surface area (Å²) in [6.45, 7) is 1.63. The predicted molar refractivity (Wildman–Crippen MR) is 52.3 cm³/mol. The molecular formula is C7H6Cl2N2O2. The zero-order valence-electron chi connectivity index (χ0n) is 6.67. The van der Waals surface area contributed by atoms with Crippen molar-refractivity contribution in [3.8, 4) is 0 Å². The topological polar surface area (TPSA) is 69.2 Å². The monoisotopic (exact) mass is 220 g/mol. The largest absolute Gasteiger partial charge is 0.392 e. The molecule has 0 fully saturated rings. The number of nitro benzene ring substituents is 1. The summed E-state index contributed by atoms with van der Waals surface area (Å²) in [6, 6.07) is 1.49. The number of benzene rings is 1. The van der Waals surface area contributed by atoms with E-state index in [1.165, 1.54) is 6.07 Å². The molecule has 0 atom stereocenters. The smallest absolute Gasteiger partial charge is 0.312 e. The molecule has 0 saturated heterocycles. The van der Waals surface area contributed by atoms with Gasteiger partial charge in [-0.1, -0.05) is 23.2 Å². The van der Waals surface area contributed by atoms with E-state index in [4.69, 9.17) is 28.9 Å². The second-order valence-corrected chi connectivity index (χ2v) is 3.29. The van der Waals surface area contributed by atoms with Crippen LogP contribution in [0, 0.1) is 17.0 Å². The second kappa shape index (κ2) is 3.40. The Labute approximate surface area is 84.4 Å².